The number of carboxylic acids is 1. The van der Waals surface area contributed by atoms with Crippen molar-refractivity contribution in [2.24, 2.45) is 11.3 Å². The maximum absolute atomic E-state index is 12.4. The van der Waals surface area contributed by atoms with E-state index in [9.17, 15) is 14.7 Å². The van der Waals surface area contributed by atoms with E-state index in [1.807, 2.05) is 6.08 Å². The Labute approximate surface area is 153 Å². The summed E-state index contributed by atoms with van der Waals surface area (Å²) in [6.45, 7) is 4.31. The lowest BCUT2D eigenvalue weighted by Crippen LogP contribution is -2.41. The first-order chi connectivity index (χ1) is 12.0. The average molecular weight is 353 g/mol. The van der Waals surface area contributed by atoms with Crippen LogP contribution in [0.25, 0.3) is 0 Å². The number of ether oxygens (including phenoxy) is 1. The maximum Gasteiger partial charge on any atom is 0.316 e. The number of rotatable bonds is 13. The smallest absolute Gasteiger partial charge is 0.316 e. The van der Waals surface area contributed by atoms with E-state index in [1.165, 1.54) is 51.4 Å². The first kappa shape index (κ1) is 21.7. The fraction of sp³-hybridized carbons (Fsp3) is 0.810. The summed E-state index contributed by atoms with van der Waals surface area (Å²) in [5.74, 6) is -1.99. The fourth-order valence-corrected chi connectivity index (χ4v) is 3.51. The Morgan fingerprint density at radius 2 is 1.60 bits per heavy atom. The third kappa shape index (κ3) is 7.62. The molecule has 1 aliphatic carbocycles. The van der Waals surface area contributed by atoms with Gasteiger partial charge in [-0.3, -0.25) is 9.59 Å². The quantitative estimate of drug-likeness (QED) is 0.270. The molecule has 0 amide bonds. The van der Waals surface area contributed by atoms with Crippen LogP contribution < -0.4 is 0 Å². The Hall–Kier alpha value is -1.32. The zero-order valence-corrected chi connectivity index (χ0v) is 16.1. The van der Waals surface area contributed by atoms with Gasteiger partial charge in [0.15, 0.2) is 0 Å². The number of carboxylic acid groups (broad SMARTS) is 1. The number of allylic oxidation sites excluding steroid dienone is 1. The van der Waals surface area contributed by atoms with Gasteiger partial charge in [-0.1, -0.05) is 76.9 Å². The van der Waals surface area contributed by atoms with Gasteiger partial charge < -0.3 is 9.84 Å². The first-order valence-corrected chi connectivity index (χ1v) is 10.1. The SMILES string of the molecule is CCCCCCCCCCCCOC(=O)C1(C)C=CCCC1C(=O)O. The second-order valence-corrected chi connectivity index (χ2v) is 7.47. The van der Waals surface area contributed by atoms with Crippen molar-refractivity contribution < 1.29 is 19.4 Å². The van der Waals surface area contributed by atoms with E-state index in [0.717, 1.165) is 12.8 Å². The number of aliphatic carboxylic acids is 1. The van der Waals surface area contributed by atoms with Crippen molar-refractivity contribution in [1.82, 2.24) is 0 Å². The van der Waals surface area contributed by atoms with Gasteiger partial charge in [-0.25, -0.2) is 0 Å². The molecule has 2 atom stereocenters. The molecular formula is C21H36O4. The summed E-state index contributed by atoms with van der Waals surface area (Å²) in [6, 6.07) is 0. The summed E-state index contributed by atoms with van der Waals surface area (Å²) in [5.41, 5.74) is -1.03. The van der Waals surface area contributed by atoms with Gasteiger partial charge in [0.25, 0.3) is 0 Å². The van der Waals surface area contributed by atoms with E-state index in [-0.39, 0.29) is 0 Å². The zero-order chi connectivity index (χ0) is 18.5. The van der Waals surface area contributed by atoms with Crippen LogP contribution in [0.2, 0.25) is 0 Å². The van der Waals surface area contributed by atoms with Crippen LogP contribution >= 0.6 is 0 Å². The van der Waals surface area contributed by atoms with Crippen LogP contribution in [0.1, 0.15) is 90.9 Å². The molecule has 0 saturated carbocycles. The molecule has 2 unspecified atom stereocenters. The lowest BCUT2D eigenvalue weighted by Gasteiger charge is -2.32. The Bertz CT molecular complexity index is 430. The van der Waals surface area contributed by atoms with Crippen LogP contribution in [0.3, 0.4) is 0 Å². The van der Waals surface area contributed by atoms with Gasteiger partial charge in [0.05, 0.1) is 17.9 Å². The van der Waals surface area contributed by atoms with Gasteiger partial charge in [0.1, 0.15) is 0 Å². The molecule has 1 rings (SSSR count). The van der Waals surface area contributed by atoms with Gasteiger partial charge >= 0.3 is 11.9 Å². The molecule has 0 radical (unpaired) electrons. The van der Waals surface area contributed by atoms with Gasteiger partial charge in [0.2, 0.25) is 0 Å². The molecule has 4 heteroatoms. The number of carbonyl (C=O) groups is 2. The zero-order valence-electron chi connectivity index (χ0n) is 16.1. The summed E-state index contributed by atoms with van der Waals surface area (Å²) >= 11 is 0. The van der Waals surface area contributed by atoms with Crippen molar-refractivity contribution in [1.29, 1.82) is 0 Å². The molecule has 0 aromatic rings. The highest BCUT2D eigenvalue weighted by atomic mass is 16.5. The standard InChI is InChI=1S/C21H36O4/c1-3-4-5-6-7-8-9-10-11-14-17-25-20(24)21(2)16-13-12-15-18(21)19(22)23/h13,16,18H,3-12,14-15,17H2,1-2H3,(H,22,23). The molecule has 0 aromatic carbocycles. The molecule has 0 bridgehead atoms. The largest absolute Gasteiger partial charge is 0.481 e. The molecule has 144 valence electrons. The Morgan fingerprint density at radius 1 is 1.04 bits per heavy atom. The van der Waals surface area contributed by atoms with Crippen molar-refractivity contribution in [2.75, 3.05) is 6.61 Å². The Balaban J connectivity index is 2.13. The van der Waals surface area contributed by atoms with Crippen LogP contribution in [0.5, 0.6) is 0 Å². The number of unbranched alkanes of at least 4 members (excludes halogenated alkanes) is 9. The molecule has 0 spiro atoms. The average Bonchev–Trinajstić information content (AvgIpc) is 2.59. The lowest BCUT2D eigenvalue weighted by molar-refractivity contribution is -0.163. The number of esters is 1. The van der Waals surface area contributed by atoms with Crippen LogP contribution in [-0.2, 0) is 14.3 Å². The second-order valence-electron chi connectivity index (χ2n) is 7.47. The molecule has 0 heterocycles. The van der Waals surface area contributed by atoms with E-state index >= 15 is 0 Å². The third-order valence-electron chi connectivity index (χ3n) is 5.28. The van der Waals surface area contributed by atoms with Gasteiger partial charge in [0, 0.05) is 0 Å². The predicted octanol–water partition coefficient (Wildman–Crippen LogP) is 5.51. The van der Waals surface area contributed by atoms with E-state index in [2.05, 4.69) is 6.92 Å². The van der Waals surface area contributed by atoms with Crippen LogP contribution in [0.15, 0.2) is 12.2 Å². The minimum atomic E-state index is -1.03. The molecular weight excluding hydrogens is 316 g/mol. The van der Waals surface area contributed by atoms with E-state index in [0.29, 0.717) is 19.4 Å². The minimum Gasteiger partial charge on any atom is -0.481 e. The van der Waals surface area contributed by atoms with Gasteiger partial charge in [-0.15, -0.1) is 0 Å². The maximum atomic E-state index is 12.4. The molecule has 1 N–H and O–H groups in total. The Kier molecular flexibility index (Phi) is 10.5. The summed E-state index contributed by atoms with van der Waals surface area (Å²) in [5, 5.41) is 9.34. The molecule has 4 nitrogen and oxygen atoms in total. The minimum absolute atomic E-state index is 0.394. The normalized spacial score (nSPS) is 22.7. The van der Waals surface area contributed by atoms with Crippen molar-refractivity contribution >= 4 is 11.9 Å². The molecule has 0 saturated heterocycles. The fourth-order valence-electron chi connectivity index (χ4n) is 3.51. The van der Waals surface area contributed by atoms with Gasteiger partial charge in [-0.05, 0) is 26.2 Å². The van der Waals surface area contributed by atoms with Crippen molar-refractivity contribution in [2.45, 2.75) is 90.9 Å². The van der Waals surface area contributed by atoms with E-state index in [4.69, 9.17) is 4.74 Å². The summed E-state index contributed by atoms with van der Waals surface area (Å²) < 4.78 is 5.38. The van der Waals surface area contributed by atoms with Crippen molar-refractivity contribution in [3.8, 4) is 0 Å². The summed E-state index contributed by atoms with van der Waals surface area (Å²) in [7, 11) is 0. The number of hydrogen-bond acceptors (Lipinski definition) is 3. The van der Waals surface area contributed by atoms with Crippen LogP contribution in [-0.4, -0.2) is 23.7 Å². The topological polar surface area (TPSA) is 63.6 Å². The molecule has 0 aliphatic heterocycles. The molecule has 25 heavy (non-hydrogen) atoms. The third-order valence-corrected chi connectivity index (χ3v) is 5.28. The highest BCUT2D eigenvalue weighted by Gasteiger charge is 2.45. The van der Waals surface area contributed by atoms with E-state index < -0.39 is 23.3 Å². The van der Waals surface area contributed by atoms with Crippen molar-refractivity contribution in [3.05, 3.63) is 12.2 Å². The Morgan fingerprint density at radius 3 is 2.16 bits per heavy atom. The van der Waals surface area contributed by atoms with Gasteiger partial charge in [-0.2, -0.15) is 0 Å². The molecule has 1 aliphatic rings. The van der Waals surface area contributed by atoms with Crippen molar-refractivity contribution in [3.63, 3.8) is 0 Å². The predicted molar refractivity (Wildman–Crippen MR) is 100 cm³/mol. The highest BCUT2D eigenvalue weighted by molar-refractivity contribution is 5.86. The summed E-state index contributed by atoms with van der Waals surface area (Å²) in [6.07, 6.45) is 17.1. The monoisotopic (exact) mass is 352 g/mol. The molecule has 0 fully saturated rings. The summed E-state index contributed by atoms with van der Waals surface area (Å²) in [4.78, 5) is 23.8. The first-order valence-electron chi connectivity index (χ1n) is 10.1. The van der Waals surface area contributed by atoms with E-state index in [1.54, 1.807) is 13.0 Å². The van der Waals surface area contributed by atoms with Crippen LogP contribution in [0.4, 0.5) is 0 Å². The van der Waals surface area contributed by atoms with Crippen LogP contribution in [0, 0.1) is 11.3 Å². The highest BCUT2D eigenvalue weighted by Crippen LogP contribution is 2.38. The number of carbonyl (C=O) groups excluding carboxylic acids is 1. The lowest BCUT2D eigenvalue weighted by atomic mass is 9.71. The second kappa shape index (κ2) is 12.1. The molecule has 0 aromatic heterocycles. The number of hydrogen-bond donors (Lipinski definition) is 1.